The second-order valence-corrected chi connectivity index (χ2v) is 8.69. The molecule has 2 amide bonds. The fourth-order valence-corrected chi connectivity index (χ4v) is 3.02. The number of amides is 2. The summed E-state index contributed by atoms with van der Waals surface area (Å²) in [4.78, 5) is 28.5. The minimum Gasteiger partial charge on any atom is -0.444 e. The van der Waals surface area contributed by atoms with Gasteiger partial charge in [-0.2, -0.15) is 5.10 Å². The molecule has 2 aromatic heterocycles. The molecule has 0 aliphatic heterocycles. The summed E-state index contributed by atoms with van der Waals surface area (Å²) in [7, 11) is 0. The molecule has 30 heavy (non-hydrogen) atoms. The molecular formula is C21H24BrN5O3. The molecule has 8 nitrogen and oxygen atoms in total. The van der Waals surface area contributed by atoms with Gasteiger partial charge in [0.05, 0.1) is 6.20 Å². The second-order valence-electron chi connectivity index (χ2n) is 7.78. The summed E-state index contributed by atoms with van der Waals surface area (Å²) in [6, 6.07) is 8.08. The van der Waals surface area contributed by atoms with Gasteiger partial charge in [-0.05, 0) is 44.0 Å². The average molecular weight is 474 g/mol. The lowest BCUT2D eigenvalue weighted by atomic mass is 10.1. The van der Waals surface area contributed by atoms with E-state index >= 15 is 0 Å². The summed E-state index contributed by atoms with van der Waals surface area (Å²) in [5.74, 6) is -0.302. The van der Waals surface area contributed by atoms with Gasteiger partial charge in [-0.15, -0.1) is 0 Å². The van der Waals surface area contributed by atoms with Gasteiger partial charge in [-0.3, -0.25) is 4.79 Å². The first kappa shape index (κ1) is 21.8. The largest absolute Gasteiger partial charge is 0.444 e. The van der Waals surface area contributed by atoms with Crippen molar-refractivity contribution in [1.82, 2.24) is 25.2 Å². The lowest BCUT2D eigenvalue weighted by Crippen LogP contribution is -2.37. The van der Waals surface area contributed by atoms with Crippen LogP contribution in [0.4, 0.5) is 4.79 Å². The maximum Gasteiger partial charge on any atom is 0.407 e. The van der Waals surface area contributed by atoms with E-state index < -0.39 is 11.7 Å². The Bertz CT molecular complexity index is 1040. The van der Waals surface area contributed by atoms with Crippen LogP contribution in [0.25, 0.3) is 5.65 Å². The summed E-state index contributed by atoms with van der Waals surface area (Å²) in [6.07, 6.45) is 5.30. The van der Waals surface area contributed by atoms with E-state index in [1.807, 2.05) is 30.5 Å². The van der Waals surface area contributed by atoms with E-state index in [9.17, 15) is 9.59 Å². The van der Waals surface area contributed by atoms with Crippen molar-refractivity contribution in [1.29, 1.82) is 0 Å². The van der Waals surface area contributed by atoms with Gasteiger partial charge in [0, 0.05) is 36.4 Å². The molecule has 2 heterocycles. The lowest BCUT2D eigenvalue weighted by Gasteiger charge is -2.19. The zero-order chi connectivity index (χ0) is 21.7. The van der Waals surface area contributed by atoms with Gasteiger partial charge in [0.1, 0.15) is 11.2 Å². The Balaban J connectivity index is 1.56. The molecule has 3 aromatic rings. The maximum absolute atomic E-state index is 12.4. The van der Waals surface area contributed by atoms with E-state index in [1.165, 1.54) is 6.20 Å². The first-order valence-electron chi connectivity index (χ1n) is 9.53. The van der Waals surface area contributed by atoms with Crippen molar-refractivity contribution in [3.8, 4) is 0 Å². The third-order valence-electron chi connectivity index (χ3n) is 4.05. The van der Waals surface area contributed by atoms with Crippen LogP contribution in [0.5, 0.6) is 0 Å². The second kappa shape index (κ2) is 9.25. The van der Waals surface area contributed by atoms with Crippen LogP contribution in [-0.4, -0.2) is 45.3 Å². The molecule has 0 unspecified atom stereocenters. The lowest BCUT2D eigenvalue weighted by molar-refractivity contribution is 0.0526. The number of halogens is 1. The van der Waals surface area contributed by atoms with Gasteiger partial charge in [-0.25, -0.2) is 14.3 Å². The molecule has 0 aliphatic carbocycles. The first-order chi connectivity index (χ1) is 14.2. The quantitative estimate of drug-likeness (QED) is 0.535. The molecule has 0 atom stereocenters. The number of nitrogens with one attached hydrogen (secondary N) is 2. The van der Waals surface area contributed by atoms with Crippen LogP contribution in [0.2, 0.25) is 0 Å². The van der Waals surface area contributed by atoms with Crippen LogP contribution in [-0.2, 0) is 11.2 Å². The molecule has 3 rings (SSSR count). The highest BCUT2D eigenvalue weighted by Crippen LogP contribution is 2.15. The van der Waals surface area contributed by atoms with Crippen molar-refractivity contribution in [2.45, 2.75) is 32.8 Å². The molecular weight excluding hydrogens is 450 g/mol. The highest BCUT2D eigenvalue weighted by atomic mass is 79.9. The molecule has 0 spiro atoms. The molecule has 0 radical (unpaired) electrons. The number of hydrogen-bond acceptors (Lipinski definition) is 5. The Morgan fingerprint density at radius 2 is 1.77 bits per heavy atom. The highest BCUT2D eigenvalue weighted by Gasteiger charge is 2.16. The topological polar surface area (TPSA) is 97.6 Å². The summed E-state index contributed by atoms with van der Waals surface area (Å²) in [5.41, 5.74) is 2.43. The number of nitrogens with zero attached hydrogens (tertiary/aromatic N) is 3. The van der Waals surface area contributed by atoms with Crippen LogP contribution >= 0.6 is 15.9 Å². The summed E-state index contributed by atoms with van der Waals surface area (Å²) in [6.45, 7) is 5.88. The Kier molecular flexibility index (Phi) is 6.71. The number of ether oxygens (including phenoxy) is 1. The van der Waals surface area contributed by atoms with Crippen molar-refractivity contribution in [3.63, 3.8) is 0 Å². The molecule has 0 saturated heterocycles. The van der Waals surface area contributed by atoms with Crippen LogP contribution in [0.1, 0.15) is 42.3 Å². The zero-order valence-electron chi connectivity index (χ0n) is 17.1. The SMILES string of the molecule is CC(C)(C)OC(=O)NCCNC(=O)c1cnn2cc(Cc3ccc(Br)cc3)cnc12. The van der Waals surface area contributed by atoms with Crippen LogP contribution < -0.4 is 10.6 Å². The van der Waals surface area contributed by atoms with E-state index in [4.69, 9.17) is 4.74 Å². The van der Waals surface area contributed by atoms with Gasteiger partial charge in [-0.1, -0.05) is 28.1 Å². The van der Waals surface area contributed by atoms with E-state index in [0.29, 0.717) is 17.6 Å². The Hall–Kier alpha value is -2.94. The molecule has 0 saturated carbocycles. The molecule has 0 aliphatic rings. The van der Waals surface area contributed by atoms with Crippen molar-refractivity contribution in [3.05, 3.63) is 64.0 Å². The van der Waals surface area contributed by atoms with Crippen molar-refractivity contribution >= 4 is 33.6 Å². The first-order valence-corrected chi connectivity index (χ1v) is 10.3. The monoisotopic (exact) mass is 473 g/mol. The van der Waals surface area contributed by atoms with E-state index in [2.05, 4.69) is 36.6 Å². The van der Waals surface area contributed by atoms with Crippen LogP contribution in [0.3, 0.4) is 0 Å². The smallest absolute Gasteiger partial charge is 0.407 e. The summed E-state index contributed by atoms with van der Waals surface area (Å²) in [5, 5.41) is 9.59. The molecule has 9 heteroatoms. The standard InChI is InChI=1S/C21H24BrN5O3/c1-21(2,3)30-20(29)24-9-8-23-19(28)17-12-26-27-13-15(11-25-18(17)27)10-14-4-6-16(22)7-5-14/h4-7,11-13H,8-10H2,1-3H3,(H,23,28)(H,24,29). The van der Waals surface area contributed by atoms with E-state index in [-0.39, 0.29) is 19.0 Å². The zero-order valence-corrected chi connectivity index (χ0v) is 18.7. The van der Waals surface area contributed by atoms with Crippen molar-refractivity contribution < 1.29 is 14.3 Å². The number of alkyl carbamates (subject to hydrolysis) is 1. The van der Waals surface area contributed by atoms with Gasteiger partial charge in [0.25, 0.3) is 5.91 Å². The minimum atomic E-state index is -0.563. The Morgan fingerprint density at radius 1 is 1.07 bits per heavy atom. The molecule has 1 aromatic carbocycles. The maximum atomic E-state index is 12.4. The number of rotatable bonds is 6. The number of aromatic nitrogens is 3. The number of benzene rings is 1. The van der Waals surface area contributed by atoms with Gasteiger partial charge < -0.3 is 15.4 Å². The fourth-order valence-electron chi connectivity index (χ4n) is 2.75. The van der Waals surface area contributed by atoms with Crippen LogP contribution in [0.15, 0.2) is 47.3 Å². The number of hydrogen-bond donors (Lipinski definition) is 2. The third-order valence-corrected chi connectivity index (χ3v) is 4.58. The molecule has 158 valence electrons. The average Bonchev–Trinajstić information content (AvgIpc) is 3.09. The predicted octanol–water partition coefficient (Wildman–Crippen LogP) is 3.34. The fraction of sp³-hybridized carbons (Fsp3) is 0.333. The summed E-state index contributed by atoms with van der Waals surface area (Å²) >= 11 is 3.43. The van der Waals surface area contributed by atoms with E-state index in [0.717, 1.165) is 15.6 Å². The normalized spacial score (nSPS) is 11.3. The number of fused-ring (bicyclic) bond motifs is 1. The van der Waals surface area contributed by atoms with Crippen LogP contribution in [0, 0.1) is 0 Å². The third kappa shape index (κ3) is 6.03. The Morgan fingerprint density at radius 3 is 2.47 bits per heavy atom. The van der Waals surface area contributed by atoms with Crippen molar-refractivity contribution in [2.75, 3.05) is 13.1 Å². The van der Waals surface area contributed by atoms with Gasteiger partial charge in [0.15, 0.2) is 5.65 Å². The van der Waals surface area contributed by atoms with Gasteiger partial charge >= 0.3 is 6.09 Å². The predicted molar refractivity (Wildman–Crippen MR) is 117 cm³/mol. The Labute approximate surface area is 183 Å². The number of carbonyl (C=O) groups excluding carboxylic acids is 2. The van der Waals surface area contributed by atoms with E-state index in [1.54, 1.807) is 31.5 Å². The highest BCUT2D eigenvalue weighted by molar-refractivity contribution is 9.10. The molecule has 2 N–H and O–H groups in total. The summed E-state index contributed by atoms with van der Waals surface area (Å²) < 4.78 is 7.78. The van der Waals surface area contributed by atoms with Crippen molar-refractivity contribution in [2.24, 2.45) is 0 Å². The molecule has 0 bridgehead atoms. The minimum absolute atomic E-state index is 0.255. The number of carbonyl (C=O) groups is 2. The van der Waals surface area contributed by atoms with Gasteiger partial charge in [0.2, 0.25) is 0 Å². The molecule has 0 fully saturated rings.